The van der Waals surface area contributed by atoms with Gasteiger partial charge >= 0.3 is 0 Å². The SMILES string of the molecule is CN=C(NCCCc1ccccc1)NC1CCN(c2ccccc2OC)C1.I. The standard InChI is InChI=1S/C22H30N4O.HI/c1-23-22(24-15-8-11-18-9-4-3-5-10-18)25-19-14-16-26(17-19)20-12-6-7-13-21(20)27-2;/h3-7,9-10,12-13,19H,8,11,14-17H2,1-2H3,(H2,23,24,25);1H. The van der Waals surface area contributed by atoms with Gasteiger partial charge in [-0.3, -0.25) is 4.99 Å². The number of guanidine groups is 1. The van der Waals surface area contributed by atoms with Crippen molar-refractivity contribution in [2.24, 2.45) is 4.99 Å². The van der Waals surface area contributed by atoms with Crippen LogP contribution >= 0.6 is 24.0 Å². The van der Waals surface area contributed by atoms with Gasteiger partial charge in [-0.15, -0.1) is 24.0 Å². The van der Waals surface area contributed by atoms with E-state index >= 15 is 0 Å². The van der Waals surface area contributed by atoms with Crippen molar-refractivity contribution in [2.75, 3.05) is 38.7 Å². The first kappa shape index (κ1) is 22.3. The van der Waals surface area contributed by atoms with Crippen LogP contribution < -0.4 is 20.3 Å². The number of nitrogens with zero attached hydrogens (tertiary/aromatic N) is 2. The first-order valence-corrected chi connectivity index (χ1v) is 9.69. The quantitative estimate of drug-likeness (QED) is 0.267. The topological polar surface area (TPSA) is 48.9 Å². The van der Waals surface area contributed by atoms with E-state index in [4.69, 9.17) is 4.74 Å². The predicted octanol–water partition coefficient (Wildman–Crippen LogP) is 3.69. The molecule has 0 aromatic heterocycles. The van der Waals surface area contributed by atoms with Gasteiger partial charge in [0.25, 0.3) is 0 Å². The lowest BCUT2D eigenvalue weighted by Gasteiger charge is -2.22. The molecule has 5 nitrogen and oxygen atoms in total. The molecule has 0 saturated carbocycles. The van der Waals surface area contributed by atoms with Gasteiger partial charge in [0.2, 0.25) is 0 Å². The van der Waals surface area contributed by atoms with E-state index in [2.05, 4.69) is 63.0 Å². The van der Waals surface area contributed by atoms with Crippen molar-refractivity contribution in [3.05, 3.63) is 60.2 Å². The maximum Gasteiger partial charge on any atom is 0.191 e. The third-order valence-electron chi connectivity index (χ3n) is 4.96. The Bertz CT molecular complexity index is 738. The minimum Gasteiger partial charge on any atom is -0.495 e. The number of nitrogens with one attached hydrogen (secondary N) is 2. The van der Waals surface area contributed by atoms with Crippen molar-refractivity contribution in [1.82, 2.24) is 10.6 Å². The fourth-order valence-corrected chi connectivity index (χ4v) is 3.52. The average Bonchev–Trinajstić information content (AvgIpc) is 3.19. The highest BCUT2D eigenvalue weighted by Crippen LogP contribution is 2.30. The smallest absolute Gasteiger partial charge is 0.191 e. The van der Waals surface area contributed by atoms with E-state index in [9.17, 15) is 0 Å². The lowest BCUT2D eigenvalue weighted by Crippen LogP contribution is -2.44. The summed E-state index contributed by atoms with van der Waals surface area (Å²) in [7, 11) is 3.56. The zero-order chi connectivity index (χ0) is 18.9. The van der Waals surface area contributed by atoms with Crippen LogP contribution in [0.15, 0.2) is 59.6 Å². The van der Waals surface area contributed by atoms with Gasteiger partial charge in [-0.2, -0.15) is 0 Å². The predicted molar refractivity (Wildman–Crippen MR) is 128 cm³/mol. The Morgan fingerprint density at radius 2 is 1.89 bits per heavy atom. The second-order valence-corrected chi connectivity index (χ2v) is 6.84. The molecule has 1 unspecified atom stereocenters. The largest absolute Gasteiger partial charge is 0.495 e. The number of ether oxygens (including phenoxy) is 1. The average molecular weight is 494 g/mol. The number of rotatable bonds is 7. The lowest BCUT2D eigenvalue weighted by atomic mass is 10.1. The fourth-order valence-electron chi connectivity index (χ4n) is 3.52. The molecule has 6 heteroatoms. The zero-order valence-corrected chi connectivity index (χ0v) is 19.1. The number of halogens is 1. The van der Waals surface area contributed by atoms with E-state index in [1.807, 2.05) is 19.2 Å². The fraction of sp³-hybridized carbons (Fsp3) is 0.409. The van der Waals surface area contributed by atoms with Crippen LogP contribution in [0.2, 0.25) is 0 Å². The van der Waals surface area contributed by atoms with Gasteiger partial charge in [0, 0.05) is 32.7 Å². The third-order valence-corrected chi connectivity index (χ3v) is 4.96. The Morgan fingerprint density at radius 3 is 2.64 bits per heavy atom. The number of para-hydroxylation sites is 2. The van der Waals surface area contributed by atoms with Crippen LogP contribution in [0, 0.1) is 0 Å². The second kappa shape index (κ2) is 11.8. The summed E-state index contributed by atoms with van der Waals surface area (Å²) < 4.78 is 5.50. The Hall–Kier alpha value is -1.96. The van der Waals surface area contributed by atoms with Crippen LogP contribution in [0.4, 0.5) is 5.69 Å². The van der Waals surface area contributed by atoms with Crippen molar-refractivity contribution in [2.45, 2.75) is 25.3 Å². The van der Waals surface area contributed by atoms with Crippen LogP contribution in [-0.2, 0) is 6.42 Å². The van der Waals surface area contributed by atoms with Gasteiger partial charge in [-0.1, -0.05) is 42.5 Å². The molecule has 1 aliphatic heterocycles. The first-order chi connectivity index (χ1) is 13.3. The van der Waals surface area contributed by atoms with Crippen LogP contribution in [-0.4, -0.2) is 45.8 Å². The molecule has 3 rings (SSSR count). The molecule has 28 heavy (non-hydrogen) atoms. The van der Waals surface area contributed by atoms with Crippen LogP contribution in [0.5, 0.6) is 5.75 Å². The van der Waals surface area contributed by atoms with E-state index < -0.39 is 0 Å². The first-order valence-electron chi connectivity index (χ1n) is 9.69. The highest BCUT2D eigenvalue weighted by molar-refractivity contribution is 14.0. The molecular formula is C22H31IN4O. The van der Waals surface area contributed by atoms with Gasteiger partial charge < -0.3 is 20.3 Å². The van der Waals surface area contributed by atoms with E-state index in [1.165, 1.54) is 5.56 Å². The molecule has 1 saturated heterocycles. The molecule has 2 aromatic rings. The molecule has 1 atom stereocenters. The summed E-state index contributed by atoms with van der Waals surface area (Å²) in [6.45, 7) is 2.88. The molecule has 2 N–H and O–H groups in total. The van der Waals surface area contributed by atoms with Crippen LogP contribution in [0.25, 0.3) is 0 Å². The van der Waals surface area contributed by atoms with Crippen molar-refractivity contribution in [3.63, 3.8) is 0 Å². The van der Waals surface area contributed by atoms with Gasteiger partial charge in [0.05, 0.1) is 12.8 Å². The summed E-state index contributed by atoms with van der Waals surface area (Å²) in [5.74, 6) is 1.82. The molecule has 0 radical (unpaired) electrons. The third kappa shape index (κ3) is 6.29. The number of aliphatic imine (C=N–C) groups is 1. The van der Waals surface area contributed by atoms with Crippen molar-refractivity contribution in [3.8, 4) is 5.75 Å². The Morgan fingerprint density at radius 1 is 1.14 bits per heavy atom. The van der Waals surface area contributed by atoms with E-state index in [1.54, 1.807) is 7.11 Å². The van der Waals surface area contributed by atoms with E-state index in [0.29, 0.717) is 6.04 Å². The number of methoxy groups -OCH3 is 1. The molecular weight excluding hydrogens is 463 g/mol. The highest BCUT2D eigenvalue weighted by atomic mass is 127. The summed E-state index contributed by atoms with van der Waals surface area (Å²) in [6.07, 6.45) is 3.25. The summed E-state index contributed by atoms with van der Waals surface area (Å²) >= 11 is 0. The monoisotopic (exact) mass is 494 g/mol. The minimum absolute atomic E-state index is 0. The van der Waals surface area contributed by atoms with Crippen molar-refractivity contribution in [1.29, 1.82) is 0 Å². The van der Waals surface area contributed by atoms with Crippen LogP contribution in [0.3, 0.4) is 0 Å². The molecule has 1 aliphatic rings. The number of benzene rings is 2. The summed E-state index contributed by atoms with van der Waals surface area (Å²) in [5.41, 5.74) is 2.54. The lowest BCUT2D eigenvalue weighted by molar-refractivity contribution is 0.415. The van der Waals surface area contributed by atoms with Gasteiger partial charge in [-0.25, -0.2) is 0 Å². The number of anilines is 1. The molecule has 1 heterocycles. The van der Waals surface area contributed by atoms with Gasteiger partial charge in [0.1, 0.15) is 5.75 Å². The minimum atomic E-state index is 0. The summed E-state index contributed by atoms with van der Waals surface area (Å²) in [6, 6.07) is 19.2. The summed E-state index contributed by atoms with van der Waals surface area (Å²) in [4.78, 5) is 6.75. The molecule has 152 valence electrons. The highest BCUT2D eigenvalue weighted by Gasteiger charge is 2.25. The van der Waals surface area contributed by atoms with Crippen molar-refractivity contribution < 1.29 is 4.74 Å². The molecule has 1 fully saturated rings. The molecule has 2 aromatic carbocycles. The Kier molecular flexibility index (Phi) is 9.40. The maximum absolute atomic E-state index is 5.50. The summed E-state index contributed by atoms with van der Waals surface area (Å²) in [5, 5.41) is 7.00. The number of hydrogen-bond donors (Lipinski definition) is 2. The number of aryl methyl sites for hydroxylation is 1. The Labute approximate surface area is 185 Å². The normalized spacial score (nSPS) is 16.4. The Balaban J connectivity index is 0.00000280. The van der Waals surface area contributed by atoms with E-state index in [-0.39, 0.29) is 24.0 Å². The van der Waals surface area contributed by atoms with E-state index in [0.717, 1.165) is 56.3 Å². The van der Waals surface area contributed by atoms with Crippen molar-refractivity contribution >= 4 is 35.6 Å². The van der Waals surface area contributed by atoms with Gasteiger partial charge in [0.15, 0.2) is 5.96 Å². The second-order valence-electron chi connectivity index (χ2n) is 6.84. The molecule has 0 amide bonds. The zero-order valence-electron chi connectivity index (χ0n) is 16.7. The van der Waals surface area contributed by atoms with Gasteiger partial charge in [-0.05, 0) is 37.0 Å². The number of hydrogen-bond acceptors (Lipinski definition) is 3. The maximum atomic E-state index is 5.50. The van der Waals surface area contributed by atoms with Crippen LogP contribution in [0.1, 0.15) is 18.4 Å². The molecule has 0 spiro atoms. The molecule has 0 aliphatic carbocycles. The molecule has 0 bridgehead atoms.